The molecule has 0 aliphatic carbocycles. The van der Waals surface area contributed by atoms with Gasteiger partial charge in [-0.05, 0) is 60.7 Å². The topological polar surface area (TPSA) is 120 Å². The van der Waals surface area contributed by atoms with Crippen molar-refractivity contribution < 1.29 is 41.0 Å². The molecule has 0 saturated carbocycles. The number of piperidine rings is 1. The van der Waals surface area contributed by atoms with E-state index in [-0.39, 0.29) is 18.0 Å². The number of benzene rings is 4. The first kappa shape index (κ1) is 30.2. The fourth-order valence-electron chi connectivity index (χ4n) is 5.43. The molecule has 4 aromatic carbocycles. The van der Waals surface area contributed by atoms with E-state index in [0.717, 1.165) is 24.3 Å². The van der Waals surface area contributed by atoms with Gasteiger partial charge in [-0.2, -0.15) is 0 Å². The van der Waals surface area contributed by atoms with Crippen molar-refractivity contribution in [2.45, 2.75) is 29.4 Å². The lowest BCUT2D eigenvalue weighted by atomic mass is 9.94. The summed E-state index contributed by atoms with van der Waals surface area (Å²) in [5.74, 6) is 0.424. The van der Waals surface area contributed by atoms with Crippen LogP contribution in [0.2, 0.25) is 0 Å². The van der Waals surface area contributed by atoms with E-state index in [0.29, 0.717) is 28.6 Å². The number of carbonyl (C=O) groups excluding carboxylic acids is 1. The Morgan fingerprint density at radius 1 is 0.844 bits per heavy atom. The average molecular weight is 641 g/mol. The number of nitrogens with one attached hydrogen (secondary N) is 2. The van der Waals surface area contributed by atoms with Crippen LogP contribution in [0.1, 0.15) is 0 Å². The third kappa shape index (κ3) is 6.53. The number of para-hydroxylation sites is 5. The minimum absolute atomic E-state index is 0.00417. The second-order valence-electron chi connectivity index (χ2n) is 10.4. The van der Waals surface area contributed by atoms with Crippen LogP contribution in [0, 0.1) is 0 Å². The van der Waals surface area contributed by atoms with Gasteiger partial charge >= 0.3 is 12.4 Å². The van der Waals surface area contributed by atoms with E-state index >= 15 is 0 Å². The van der Waals surface area contributed by atoms with Crippen LogP contribution in [0.3, 0.4) is 0 Å². The van der Waals surface area contributed by atoms with E-state index in [2.05, 4.69) is 14.8 Å². The highest BCUT2D eigenvalue weighted by Gasteiger charge is 2.45. The third-order valence-corrected chi connectivity index (χ3v) is 8.92. The Morgan fingerprint density at radius 2 is 1.42 bits per heavy atom. The van der Waals surface area contributed by atoms with Crippen LogP contribution in [-0.4, -0.2) is 62.1 Å². The maximum Gasteiger partial charge on any atom is 0.573 e. The second kappa shape index (κ2) is 12.0. The summed E-state index contributed by atoms with van der Waals surface area (Å²) in [6.07, 6.45) is -6.30. The Labute approximate surface area is 256 Å². The van der Waals surface area contributed by atoms with Crippen molar-refractivity contribution in [3.63, 3.8) is 0 Å². The van der Waals surface area contributed by atoms with Gasteiger partial charge in [0, 0.05) is 18.8 Å². The molecule has 0 radical (unpaired) electrons. The van der Waals surface area contributed by atoms with Crippen LogP contribution in [-0.2, 0) is 10.0 Å². The van der Waals surface area contributed by atoms with E-state index in [1.165, 1.54) is 4.90 Å². The van der Waals surface area contributed by atoms with Crippen molar-refractivity contribution in [1.82, 2.24) is 9.62 Å². The molecule has 2 aliphatic rings. The Hall–Kier alpha value is -4.79. The Balaban J connectivity index is 1.34. The highest BCUT2D eigenvalue weighted by molar-refractivity contribution is 7.89. The second-order valence-corrected chi connectivity index (χ2v) is 12.1. The number of hydrogen-bond donors (Lipinski definition) is 3. The van der Waals surface area contributed by atoms with E-state index in [1.54, 1.807) is 78.9 Å². The molecule has 14 heteroatoms. The average Bonchev–Trinajstić information content (AvgIpc) is 3.01. The number of fused-ring (bicyclic) bond motifs is 2. The summed E-state index contributed by atoms with van der Waals surface area (Å²) in [4.78, 5) is 16.4. The minimum Gasteiger partial charge on any atom is -0.453 e. The van der Waals surface area contributed by atoms with Crippen molar-refractivity contribution in [2.24, 2.45) is 0 Å². The largest absolute Gasteiger partial charge is 0.573 e. The number of aliphatic hydroxyl groups excluding tert-OH is 1. The van der Waals surface area contributed by atoms with E-state index < -0.39 is 46.4 Å². The zero-order valence-corrected chi connectivity index (χ0v) is 24.2. The molecule has 0 bridgehead atoms. The number of alkyl halides is 3. The van der Waals surface area contributed by atoms with Crippen LogP contribution in [0.4, 0.5) is 35.0 Å². The number of amides is 2. The zero-order chi connectivity index (χ0) is 31.8. The summed E-state index contributed by atoms with van der Waals surface area (Å²) in [7, 11) is -4.38. The van der Waals surface area contributed by atoms with Crippen LogP contribution in [0.15, 0.2) is 108 Å². The van der Waals surface area contributed by atoms with Crippen LogP contribution >= 0.6 is 0 Å². The summed E-state index contributed by atoms with van der Waals surface area (Å²) in [6, 6.07) is 24.1. The fraction of sp³-hybridized carbons (Fsp3) is 0.194. The van der Waals surface area contributed by atoms with Crippen LogP contribution < -0.4 is 24.4 Å². The molecule has 2 heterocycles. The van der Waals surface area contributed by atoms with Gasteiger partial charge in [0.1, 0.15) is 5.75 Å². The molecule has 4 aromatic rings. The van der Waals surface area contributed by atoms with Gasteiger partial charge in [-0.15, -0.1) is 13.2 Å². The maximum absolute atomic E-state index is 13.5. The molecule has 2 aliphatic heterocycles. The molecule has 0 aromatic heterocycles. The predicted molar refractivity (Wildman–Crippen MR) is 159 cm³/mol. The van der Waals surface area contributed by atoms with Crippen LogP contribution in [0.25, 0.3) is 0 Å². The van der Waals surface area contributed by atoms with Crippen molar-refractivity contribution in [1.29, 1.82) is 0 Å². The summed E-state index contributed by atoms with van der Waals surface area (Å²) < 4.78 is 77.1. The van der Waals surface area contributed by atoms with Gasteiger partial charge in [-0.1, -0.05) is 42.5 Å². The normalized spacial score (nSPS) is 19.6. The zero-order valence-electron chi connectivity index (χ0n) is 23.4. The SMILES string of the molecule is O=C(Nc1ccccc1)N1C[C@@H](NS(=O)(=O)c2ccc(OC(F)(F)F)cc2)[C@H](O)[C@@H](N2c3ccccc3Oc3ccccc32)C1. The standard InChI is InChI=1S/C31H27F3N4O6S/c32-31(33,34)44-21-14-16-22(17-15-21)45(41,42)36-23-18-37(30(40)35-20-8-2-1-3-9-20)19-26(29(23)39)38-24-10-4-6-12-27(24)43-28-13-7-5-11-25(28)38/h1-17,23,26,29,36,39H,18-19H2,(H,35,40)/t23-,26+,29+/m1/s1. The van der Waals surface area contributed by atoms with Crippen molar-refractivity contribution in [3.05, 3.63) is 103 Å². The number of carbonyl (C=O) groups is 1. The van der Waals surface area contributed by atoms with Crippen molar-refractivity contribution in [2.75, 3.05) is 23.3 Å². The van der Waals surface area contributed by atoms with Gasteiger partial charge in [0.05, 0.1) is 34.5 Å². The Morgan fingerprint density at radius 3 is 2.02 bits per heavy atom. The number of urea groups is 1. The van der Waals surface area contributed by atoms with Gasteiger partial charge < -0.3 is 29.7 Å². The monoisotopic (exact) mass is 640 g/mol. The smallest absolute Gasteiger partial charge is 0.453 e. The lowest BCUT2D eigenvalue weighted by Crippen LogP contribution is -2.66. The molecule has 6 rings (SSSR count). The Bertz CT molecular complexity index is 1750. The number of aliphatic hydroxyl groups is 1. The summed E-state index contributed by atoms with van der Waals surface area (Å²) >= 11 is 0. The molecule has 3 N–H and O–H groups in total. The first-order valence-corrected chi connectivity index (χ1v) is 15.3. The first-order valence-electron chi connectivity index (χ1n) is 13.8. The number of likely N-dealkylation sites (tertiary alicyclic amines) is 1. The lowest BCUT2D eigenvalue weighted by molar-refractivity contribution is -0.274. The number of sulfonamides is 1. The molecular formula is C31H27F3N4O6S. The third-order valence-electron chi connectivity index (χ3n) is 7.42. The van der Waals surface area contributed by atoms with Gasteiger partial charge in [0.15, 0.2) is 11.5 Å². The molecule has 3 atom stereocenters. The van der Waals surface area contributed by atoms with E-state index in [1.807, 2.05) is 4.90 Å². The molecule has 0 unspecified atom stereocenters. The van der Waals surface area contributed by atoms with Gasteiger partial charge in [-0.25, -0.2) is 17.9 Å². The highest BCUT2D eigenvalue weighted by atomic mass is 32.2. The first-order chi connectivity index (χ1) is 21.5. The fourth-order valence-corrected chi connectivity index (χ4v) is 6.67. The summed E-state index contributed by atoms with van der Waals surface area (Å²) in [5, 5.41) is 14.6. The molecule has 0 spiro atoms. The van der Waals surface area contributed by atoms with Crippen LogP contribution in [0.5, 0.6) is 17.2 Å². The number of halogens is 3. The number of hydrogen-bond acceptors (Lipinski definition) is 7. The van der Waals surface area contributed by atoms with E-state index in [9.17, 15) is 31.5 Å². The number of rotatable bonds is 6. The molecule has 1 fully saturated rings. The number of anilines is 3. The summed E-state index contributed by atoms with van der Waals surface area (Å²) in [5.41, 5.74) is 1.73. The summed E-state index contributed by atoms with van der Waals surface area (Å²) in [6.45, 7) is -0.206. The van der Waals surface area contributed by atoms with Gasteiger partial charge in [0.2, 0.25) is 10.0 Å². The predicted octanol–water partition coefficient (Wildman–Crippen LogP) is 5.45. The van der Waals surface area contributed by atoms with Gasteiger partial charge in [-0.3, -0.25) is 0 Å². The van der Waals surface area contributed by atoms with E-state index in [4.69, 9.17) is 4.74 Å². The molecule has 10 nitrogen and oxygen atoms in total. The molecule has 1 saturated heterocycles. The van der Waals surface area contributed by atoms with Crippen molar-refractivity contribution >= 4 is 33.1 Å². The number of ether oxygens (including phenoxy) is 2. The minimum atomic E-state index is -4.94. The number of nitrogens with zero attached hydrogens (tertiary/aromatic N) is 2. The van der Waals surface area contributed by atoms with Crippen molar-refractivity contribution in [3.8, 4) is 17.2 Å². The Kier molecular flexibility index (Phi) is 8.03. The molecule has 2 amide bonds. The maximum atomic E-state index is 13.5. The highest BCUT2D eigenvalue weighted by Crippen LogP contribution is 2.48. The lowest BCUT2D eigenvalue weighted by Gasteiger charge is -2.48. The molecular weight excluding hydrogens is 613 g/mol. The van der Waals surface area contributed by atoms with Gasteiger partial charge in [0.25, 0.3) is 0 Å². The molecule has 45 heavy (non-hydrogen) atoms. The quantitative estimate of drug-likeness (QED) is 0.256. The molecule has 234 valence electrons.